The topological polar surface area (TPSA) is 20.2 Å². The number of benzene rings is 1. The van der Waals surface area contributed by atoms with Gasteiger partial charge in [0.05, 0.1) is 5.56 Å². The van der Waals surface area contributed by atoms with Crippen molar-refractivity contribution in [2.75, 3.05) is 0 Å². The number of hydrogen-bond donors (Lipinski definition) is 1. The molecular formula is C9H8F3IO. The molecule has 1 N–H and O–H groups in total. The van der Waals surface area contributed by atoms with E-state index in [4.69, 9.17) is 0 Å². The van der Waals surface area contributed by atoms with E-state index in [1.165, 1.54) is 19.1 Å². The lowest BCUT2D eigenvalue weighted by molar-refractivity contribution is -0.137. The van der Waals surface area contributed by atoms with Crippen molar-refractivity contribution in [3.05, 3.63) is 35.4 Å². The van der Waals surface area contributed by atoms with Gasteiger partial charge in [0.15, 0.2) is 0 Å². The zero-order valence-electron chi connectivity index (χ0n) is 7.27. The Labute approximate surface area is 93.1 Å². The Hall–Kier alpha value is -0.300. The second kappa shape index (κ2) is 3.69. The van der Waals surface area contributed by atoms with E-state index >= 15 is 0 Å². The van der Waals surface area contributed by atoms with E-state index in [0.29, 0.717) is 0 Å². The zero-order chi connectivity index (χ0) is 11.0. The second-order valence-electron chi connectivity index (χ2n) is 3.03. The van der Waals surface area contributed by atoms with Crippen LogP contribution in [0.15, 0.2) is 24.3 Å². The van der Waals surface area contributed by atoms with Crippen LogP contribution >= 0.6 is 22.6 Å². The highest BCUT2D eigenvalue weighted by molar-refractivity contribution is 14.1. The highest BCUT2D eigenvalue weighted by Crippen LogP contribution is 2.34. The van der Waals surface area contributed by atoms with Gasteiger partial charge in [0.25, 0.3) is 0 Å². The molecule has 0 bridgehead atoms. The van der Waals surface area contributed by atoms with Crippen molar-refractivity contribution in [2.24, 2.45) is 0 Å². The average Bonchev–Trinajstić information content (AvgIpc) is 2.01. The maximum absolute atomic E-state index is 12.3. The first-order chi connectivity index (χ1) is 6.21. The first kappa shape index (κ1) is 11.8. The van der Waals surface area contributed by atoms with Crippen LogP contribution in [0.25, 0.3) is 0 Å². The van der Waals surface area contributed by atoms with E-state index in [1.807, 2.05) is 0 Å². The van der Waals surface area contributed by atoms with Gasteiger partial charge in [-0.05, 0) is 47.2 Å². The Balaban J connectivity index is 3.15. The largest absolute Gasteiger partial charge is 0.416 e. The fourth-order valence-corrected chi connectivity index (χ4v) is 1.31. The lowest BCUT2D eigenvalue weighted by Gasteiger charge is -2.17. The fraction of sp³-hybridized carbons (Fsp3) is 0.333. The summed E-state index contributed by atoms with van der Waals surface area (Å²) in [7, 11) is 0. The maximum Gasteiger partial charge on any atom is 0.416 e. The molecule has 0 aliphatic rings. The molecule has 78 valence electrons. The van der Waals surface area contributed by atoms with Crippen LogP contribution in [0.4, 0.5) is 13.2 Å². The molecule has 0 amide bonds. The zero-order valence-corrected chi connectivity index (χ0v) is 9.43. The smallest absolute Gasteiger partial charge is 0.376 e. The summed E-state index contributed by atoms with van der Waals surface area (Å²) >= 11 is 1.68. The third kappa shape index (κ3) is 2.84. The Bertz CT molecular complexity index is 298. The Kier molecular flexibility index (Phi) is 3.10. The van der Waals surface area contributed by atoms with Crippen LogP contribution in [0.1, 0.15) is 18.1 Å². The summed E-state index contributed by atoms with van der Waals surface area (Å²) in [5, 5.41) is 9.50. The van der Waals surface area contributed by atoms with Gasteiger partial charge in [-0.3, -0.25) is 0 Å². The van der Waals surface area contributed by atoms with Gasteiger partial charge >= 0.3 is 6.18 Å². The van der Waals surface area contributed by atoms with Crippen molar-refractivity contribution in [1.29, 1.82) is 0 Å². The van der Waals surface area contributed by atoms with Crippen LogP contribution in [-0.4, -0.2) is 5.11 Å². The van der Waals surface area contributed by atoms with E-state index in [1.54, 1.807) is 22.6 Å². The molecule has 1 nitrogen and oxygen atoms in total. The van der Waals surface area contributed by atoms with Crippen molar-refractivity contribution >= 4 is 22.6 Å². The number of aliphatic hydroxyl groups is 1. The van der Waals surface area contributed by atoms with Crippen LogP contribution in [0.2, 0.25) is 0 Å². The molecule has 0 aliphatic heterocycles. The predicted molar refractivity (Wildman–Crippen MR) is 55.0 cm³/mol. The van der Waals surface area contributed by atoms with Gasteiger partial charge in [-0.15, -0.1) is 0 Å². The van der Waals surface area contributed by atoms with Crippen molar-refractivity contribution < 1.29 is 18.3 Å². The molecule has 0 spiro atoms. The van der Waals surface area contributed by atoms with Crippen LogP contribution in [0, 0.1) is 0 Å². The van der Waals surface area contributed by atoms with Crippen LogP contribution in [0.5, 0.6) is 0 Å². The first-order valence-electron chi connectivity index (χ1n) is 3.80. The molecule has 14 heavy (non-hydrogen) atoms. The third-order valence-corrected chi connectivity index (χ3v) is 2.34. The highest BCUT2D eigenvalue weighted by Gasteiger charge is 2.31. The monoisotopic (exact) mass is 316 g/mol. The van der Waals surface area contributed by atoms with Gasteiger partial charge < -0.3 is 5.11 Å². The van der Waals surface area contributed by atoms with Crippen molar-refractivity contribution in [3.8, 4) is 0 Å². The van der Waals surface area contributed by atoms with E-state index < -0.39 is 15.3 Å². The summed E-state index contributed by atoms with van der Waals surface area (Å²) in [6.07, 6.45) is -4.36. The summed E-state index contributed by atoms with van der Waals surface area (Å²) in [5.74, 6) is 0. The van der Waals surface area contributed by atoms with Crippen molar-refractivity contribution in [1.82, 2.24) is 0 Å². The highest BCUT2D eigenvalue weighted by atomic mass is 127. The van der Waals surface area contributed by atoms with Crippen LogP contribution in [-0.2, 0) is 9.78 Å². The van der Waals surface area contributed by atoms with Gasteiger partial charge in [-0.2, -0.15) is 13.2 Å². The molecule has 0 aliphatic carbocycles. The molecule has 1 atom stereocenters. The van der Waals surface area contributed by atoms with E-state index in [9.17, 15) is 18.3 Å². The molecule has 0 heterocycles. The minimum atomic E-state index is -4.36. The molecule has 0 radical (unpaired) electrons. The lowest BCUT2D eigenvalue weighted by atomic mass is 10.1. The van der Waals surface area contributed by atoms with Crippen LogP contribution in [0.3, 0.4) is 0 Å². The third-order valence-electron chi connectivity index (χ3n) is 1.72. The van der Waals surface area contributed by atoms with Gasteiger partial charge in [0.2, 0.25) is 0 Å². The summed E-state index contributed by atoms with van der Waals surface area (Å²) in [6, 6.07) is 4.67. The summed E-state index contributed by atoms with van der Waals surface area (Å²) in [5.41, 5.74) is -0.500. The molecule has 5 heteroatoms. The van der Waals surface area contributed by atoms with Gasteiger partial charge in [0, 0.05) is 0 Å². The molecule has 0 saturated heterocycles. The molecule has 1 rings (SSSR count). The number of halogens is 4. The normalized spacial score (nSPS) is 16.4. The van der Waals surface area contributed by atoms with E-state index in [0.717, 1.165) is 12.1 Å². The quantitative estimate of drug-likeness (QED) is 0.623. The molecule has 0 fully saturated rings. The molecule has 1 aromatic rings. The van der Waals surface area contributed by atoms with Crippen molar-refractivity contribution in [3.63, 3.8) is 0 Å². The van der Waals surface area contributed by atoms with Crippen molar-refractivity contribution in [2.45, 2.75) is 16.7 Å². The molecule has 1 aromatic carbocycles. The summed E-state index contributed by atoms with van der Waals surface area (Å²) < 4.78 is 35.5. The number of hydrogen-bond acceptors (Lipinski definition) is 1. The average molecular weight is 316 g/mol. The van der Waals surface area contributed by atoms with E-state index in [2.05, 4.69) is 0 Å². The summed E-state index contributed by atoms with van der Waals surface area (Å²) in [4.78, 5) is 0. The first-order valence-corrected chi connectivity index (χ1v) is 4.88. The van der Waals surface area contributed by atoms with Gasteiger partial charge in [-0.25, -0.2) is 0 Å². The Morgan fingerprint density at radius 2 is 1.71 bits per heavy atom. The number of rotatable bonds is 1. The van der Waals surface area contributed by atoms with E-state index in [-0.39, 0.29) is 5.56 Å². The minimum Gasteiger partial charge on any atom is -0.376 e. The lowest BCUT2D eigenvalue weighted by Crippen LogP contribution is -2.13. The minimum absolute atomic E-state index is 0.243. The van der Waals surface area contributed by atoms with Gasteiger partial charge in [-0.1, -0.05) is 12.1 Å². The molecule has 0 aromatic heterocycles. The SMILES string of the molecule is C[C@](O)(I)c1cccc(C(F)(F)F)c1. The predicted octanol–water partition coefficient (Wildman–Crippen LogP) is 3.31. The molecular weight excluding hydrogens is 308 g/mol. The number of alkyl halides is 4. The van der Waals surface area contributed by atoms with Gasteiger partial charge in [0.1, 0.15) is 3.61 Å². The van der Waals surface area contributed by atoms with Crippen LogP contribution < -0.4 is 0 Å². The molecule has 0 saturated carbocycles. The standard InChI is InChI=1S/C9H8F3IO/c1-8(13,14)6-3-2-4-7(5-6)9(10,11)12/h2-5,14H,1H3/t8-/m1/s1. The fourth-order valence-electron chi connectivity index (χ4n) is 0.979. The Morgan fingerprint density at radius 1 is 1.21 bits per heavy atom. The maximum atomic E-state index is 12.3. The summed E-state index contributed by atoms with van der Waals surface area (Å²) in [6.45, 7) is 1.43. The second-order valence-corrected chi connectivity index (χ2v) is 5.13. The Morgan fingerprint density at radius 3 is 2.14 bits per heavy atom. The molecule has 0 unspecified atom stereocenters.